The van der Waals surface area contributed by atoms with Crippen molar-refractivity contribution in [2.24, 2.45) is 5.10 Å². The van der Waals surface area contributed by atoms with Crippen LogP contribution < -0.4 is 20.2 Å². The fourth-order valence-corrected chi connectivity index (χ4v) is 2.51. The second-order valence-corrected chi connectivity index (χ2v) is 6.20. The highest BCUT2D eigenvalue weighted by molar-refractivity contribution is 5.95. The van der Waals surface area contributed by atoms with E-state index >= 15 is 0 Å². The van der Waals surface area contributed by atoms with Gasteiger partial charge in [-0.05, 0) is 60.2 Å². The van der Waals surface area contributed by atoms with Crippen LogP contribution in [-0.4, -0.2) is 31.7 Å². The Hall–Kier alpha value is -4.13. The van der Waals surface area contributed by atoms with E-state index in [0.29, 0.717) is 22.7 Å². The molecule has 7 heteroatoms. The number of nitrogens with one attached hydrogen (secondary N) is 2. The Morgan fingerprint density at radius 1 is 0.933 bits per heavy atom. The number of hydrogen-bond acceptors (Lipinski definition) is 5. The van der Waals surface area contributed by atoms with Crippen LogP contribution in [0.2, 0.25) is 0 Å². The first-order valence-electron chi connectivity index (χ1n) is 9.19. The van der Waals surface area contributed by atoms with Crippen molar-refractivity contribution in [3.05, 3.63) is 90.0 Å². The Morgan fingerprint density at radius 3 is 2.43 bits per heavy atom. The molecule has 0 saturated heterocycles. The number of amides is 2. The topological polar surface area (TPSA) is 89.0 Å². The van der Waals surface area contributed by atoms with Gasteiger partial charge in [0, 0.05) is 11.3 Å². The number of carbonyl (C=O) groups is 2. The molecule has 0 atom stereocenters. The first-order valence-corrected chi connectivity index (χ1v) is 9.19. The number of anilines is 1. The smallest absolute Gasteiger partial charge is 0.271 e. The molecule has 0 saturated carbocycles. The highest BCUT2D eigenvalue weighted by Gasteiger charge is 2.05. The van der Waals surface area contributed by atoms with E-state index in [1.54, 1.807) is 60.7 Å². The molecule has 30 heavy (non-hydrogen) atoms. The van der Waals surface area contributed by atoms with Gasteiger partial charge in [0.1, 0.15) is 11.5 Å². The fourth-order valence-electron chi connectivity index (χ4n) is 2.51. The minimum atomic E-state index is -0.338. The zero-order valence-electron chi connectivity index (χ0n) is 16.4. The molecule has 3 aromatic carbocycles. The molecule has 0 radical (unpaired) electrons. The number of rotatable bonds is 8. The molecular weight excluding hydrogens is 382 g/mol. The normalized spacial score (nSPS) is 10.4. The van der Waals surface area contributed by atoms with Gasteiger partial charge in [0.2, 0.25) is 0 Å². The van der Waals surface area contributed by atoms with Crippen molar-refractivity contribution >= 4 is 23.7 Å². The van der Waals surface area contributed by atoms with Crippen LogP contribution in [0.25, 0.3) is 0 Å². The minimum Gasteiger partial charge on any atom is -0.497 e. The third kappa shape index (κ3) is 6.20. The van der Waals surface area contributed by atoms with Crippen molar-refractivity contribution in [2.45, 2.75) is 0 Å². The molecule has 152 valence electrons. The molecule has 0 spiro atoms. The lowest BCUT2D eigenvalue weighted by Gasteiger charge is -2.07. The molecule has 7 nitrogen and oxygen atoms in total. The van der Waals surface area contributed by atoms with E-state index in [1.807, 2.05) is 18.2 Å². The van der Waals surface area contributed by atoms with E-state index < -0.39 is 0 Å². The summed E-state index contributed by atoms with van der Waals surface area (Å²) in [5.74, 6) is 0.567. The lowest BCUT2D eigenvalue weighted by atomic mass is 10.2. The number of carbonyl (C=O) groups excluding carboxylic acids is 2. The lowest BCUT2D eigenvalue weighted by Crippen LogP contribution is -2.20. The molecule has 3 aromatic rings. The van der Waals surface area contributed by atoms with E-state index in [9.17, 15) is 9.59 Å². The largest absolute Gasteiger partial charge is 0.497 e. The first-order chi connectivity index (χ1) is 14.6. The van der Waals surface area contributed by atoms with E-state index in [4.69, 9.17) is 9.47 Å². The molecule has 0 aliphatic carbocycles. The van der Waals surface area contributed by atoms with Gasteiger partial charge in [-0.2, -0.15) is 5.10 Å². The van der Waals surface area contributed by atoms with Gasteiger partial charge in [-0.25, -0.2) is 5.43 Å². The highest BCUT2D eigenvalue weighted by atomic mass is 16.5. The summed E-state index contributed by atoms with van der Waals surface area (Å²) in [7, 11) is 1.54. The molecule has 0 bridgehead atoms. The average molecular weight is 403 g/mol. The molecule has 0 unspecified atom stereocenters. The Morgan fingerprint density at radius 2 is 1.70 bits per heavy atom. The van der Waals surface area contributed by atoms with E-state index in [0.717, 1.165) is 5.56 Å². The van der Waals surface area contributed by atoms with Crippen molar-refractivity contribution in [1.82, 2.24) is 5.43 Å². The second kappa shape index (κ2) is 10.4. The van der Waals surface area contributed by atoms with Gasteiger partial charge < -0.3 is 14.8 Å². The Kier molecular flexibility index (Phi) is 7.16. The summed E-state index contributed by atoms with van der Waals surface area (Å²) in [5, 5.41) is 6.70. The molecule has 0 fully saturated rings. The third-order valence-electron chi connectivity index (χ3n) is 4.02. The average Bonchev–Trinajstić information content (AvgIpc) is 2.79. The van der Waals surface area contributed by atoms with Crippen molar-refractivity contribution < 1.29 is 19.1 Å². The number of para-hydroxylation sites is 1. The highest BCUT2D eigenvalue weighted by Crippen LogP contribution is 2.13. The zero-order chi connectivity index (χ0) is 21.2. The van der Waals surface area contributed by atoms with E-state index in [-0.39, 0.29) is 18.4 Å². The van der Waals surface area contributed by atoms with Gasteiger partial charge in [0.05, 0.1) is 13.3 Å². The third-order valence-corrected chi connectivity index (χ3v) is 4.02. The summed E-state index contributed by atoms with van der Waals surface area (Å²) in [5.41, 5.74) is 4.40. The Labute approximate surface area is 174 Å². The van der Waals surface area contributed by atoms with Gasteiger partial charge in [-0.15, -0.1) is 0 Å². The number of hydrogen-bond donors (Lipinski definition) is 2. The lowest BCUT2D eigenvalue weighted by molar-refractivity contribution is -0.118. The summed E-state index contributed by atoms with van der Waals surface area (Å²) in [6.07, 6.45) is 1.52. The Bertz CT molecular complexity index is 1020. The van der Waals surface area contributed by atoms with Crippen LogP contribution in [-0.2, 0) is 4.79 Å². The molecule has 2 N–H and O–H groups in total. The maximum atomic E-state index is 12.1. The van der Waals surface area contributed by atoms with Crippen LogP contribution >= 0.6 is 0 Å². The van der Waals surface area contributed by atoms with Crippen molar-refractivity contribution in [3.8, 4) is 11.5 Å². The van der Waals surface area contributed by atoms with Gasteiger partial charge in [-0.1, -0.05) is 24.3 Å². The maximum absolute atomic E-state index is 12.1. The molecular formula is C23H21N3O4. The van der Waals surface area contributed by atoms with Gasteiger partial charge in [0.25, 0.3) is 11.8 Å². The second-order valence-electron chi connectivity index (χ2n) is 6.20. The molecule has 0 heterocycles. The molecule has 0 aliphatic heterocycles. The van der Waals surface area contributed by atoms with E-state index in [2.05, 4.69) is 15.8 Å². The number of nitrogens with zero attached hydrogens (tertiary/aromatic N) is 1. The summed E-state index contributed by atoms with van der Waals surface area (Å²) in [6, 6.07) is 23.0. The molecule has 3 rings (SSSR count). The van der Waals surface area contributed by atoms with Crippen molar-refractivity contribution in [2.75, 3.05) is 19.0 Å². The quantitative estimate of drug-likeness (QED) is 0.445. The summed E-state index contributed by atoms with van der Waals surface area (Å²) >= 11 is 0. The number of benzene rings is 3. The predicted octanol–water partition coefficient (Wildman–Crippen LogP) is 3.48. The number of methoxy groups -OCH3 is 1. The van der Waals surface area contributed by atoms with Crippen LogP contribution in [0.5, 0.6) is 11.5 Å². The van der Waals surface area contributed by atoms with Gasteiger partial charge in [0.15, 0.2) is 6.61 Å². The zero-order valence-corrected chi connectivity index (χ0v) is 16.4. The first kappa shape index (κ1) is 20.6. The minimum absolute atomic E-state index is 0.0983. The summed E-state index contributed by atoms with van der Waals surface area (Å²) in [6.45, 7) is -0.0983. The van der Waals surface area contributed by atoms with Crippen LogP contribution in [0.4, 0.5) is 5.69 Å². The van der Waals surface area contributed by atoms with Gasteiger partial charge in [-0.3, -0.25) is 9.59 Å². The summed E-state index contributed by atoms with van der Waals surface area (Å²) in [4.78, 5) is 24.0. The molecule has 2 amide bonds. The maximum Gasteiger partial charge on any atom is 0.271 e. The van der Waals surface area contributed by atoms with Gasteiger partial charge >= 0.3 is 0 Å². The fraction of sp³-hybridized carbons (Fsp3) is 0.0870. The molecule has 0 aromatic heterocycles. The standard InChI is InChI=1S/C23H21N3O4/c1-29-21-9-5-6-18(14-21)23(28)26-24-15-17-10-12-20(13-11-17)30-16-22(27)25-19-7-3-2-4-8-19/h2-15H,16H2,1H3,(H,25,27)(H,26,28)/b24-15+. The van der Waals surface area contributed by atoms with Crippen LogP contribution in [0.1, 0.15) is 15.9 Å². The van der Waals surface area contributed by atoms with Crippen LogP contribution in [0, 0.1) is 0 Å². The Balaban J connectivity index is 1.46. The van der Waals surface area contributed by atoms with Crippen LogP contribution in [0.15, 0.2) is 84.0 Å². The number of ether oxygens (including phenoxy) is 2. The monoisotopic (exact) mass is 403 g/mol. The predicted molar refractivity (Wildman–Crippen MR) is 115 cm³/mol. The molecule has 0 aliphatic rings. The van der Waals surface area contributed by atoms with Crippen molar-refractivity contribution in [1.29, 1.82) is 0 Å². The van der Waals surface area contributed by atoms with Crippen molar-refractivity contribution in [3.63, 3.8) is 0 Å². The number of hydrazone groups is 1. The van der Waals surface area contributed by atoms with Crippen LogP contribution in [0.3, 0.4) is 0 Å². The summed E-state index contributed by atoms with van der Waals surface area (Å²) < 4.78 is 10.6. The SMILES string of the molecule is COc1cccc(C(=O)N/N=C/c2ccc(OCC(=O)Nc3ccccc3)cc2)c1. The van der Waals surface area contributed by atoms with E-state index in [1.165, 1.54) is 13.3 Å².